The highest BCUT2D eigenvalue weighted by Gasteiger charge is 2.26. The van der Waals surface area contributed by atoms with Gasteiger partial charge in [0.2, 0.25) is 0 Å². The second kappa shape index (κ2) is 11.1. The van der Waals surface area contributed by atoms with E-state index in [0.29, 0.717) is 29.5 Å². The molecule has 0 radical (unpaired) electrons. The van der Waals surface area contributed by atoms with Crippen LogP contribution in [0.2, 0.25) is 0 Å². The predicted molar refractivity (Wildman–Crippen MR) is 159 cm³/mol. The fourth-order valence-corrected chi connectivity index (χ4v) is 5.72. The van der Waals surface area contributed by atoms with Crippen molar-refractivity contribution in [2.24, 2.45) is 0 Å². The summed E-state index contributed by atoms with van der Waals surface area (Å²) in [6.07, 6.45) is 6.40. The number of nitrogens with zero attached hydrogens (tertiary/aromatic N) is 4. The Morgan fingerprint density at radius 3 is 2.59 bits per heavy atom. The molecule has 0 bridgehead atoms. The van der Waals surface area contributed by atoms with Crippen LogP contribution < -0.4 is 10.3 Å². The van der Waals surface area contributed by atoms with Crippen molar-refractivity contribution in [2.75, 3.05) is 14.1 Å². The number of aliphatic hydroxyl groups is 1. The van der Waals surface area contributed by atoms with E-state index in [4.69, 9.17) is 9.72 Å². The third-order valence-corrected chi connectivity index (χ3v) is 7.85. The quantitative estimate of drug-likeness (QED) is 0.281. The maximum absolute atomic E-state index is 13.8. The molecule has 1 saturated carbocycles. The van der Waals surface area contributed by atoms with Crippen LogP contribution in [-0.2, 0) is 6.42 Å². The van der Waals surface area contributed by atoms with Crippen LogP contribution in [0.4, 0.5) is 4.79 Å². The zero-order chi connectivity index (χ0) is 28.5. The first-order valence-corrected chi connectivity index (χ1v) is 13.9. The van der Waals surface area contributed by atoms with Crippen molar-refractivity contribution in [1.29, 1.82) is 0 Å². The highest BCUT2D eigenvalue weighted by atomic mass is 16.6. The minimum absolute atomic E-state index is 0.118. The van der Waals surface area contributed by atoms with E-state index in [0.717, 1.165) is 52.4 Å². The highest BCUT2D eigenvalue weighted by molar-refractivity contribution is 6.06. The molecule has 5 aromatic rings. The molecule has 41 heavy (non-hydrogen) atoms. The van der Waals surface area contributed by atoms with Gasteiger partial charge in [-0.1, -0.05) is 49.2 Å². The third kappa shape index (κ3) is 5.30. The Balaban J connectivity index is 1.39. The fraction of sp³-hybridized carbons (Fsp3) is 0.273. The van der Waals surface area contributed by atoms with Crippen molar-refractivity contribution in [2.45, 2.75) is 44.2 Å². The molecule has 8 heteroatoms. The van der Waals surface area contributed by atoms with Crippen LogP contribution in [0.15, 0.2) is 84.0 Å². The maximum atomic E-state index is 13.8. The fourth-order valence-electron chi connectivity index (χ4n) is 5.72. The van der Waals surface area contributed by atoms with E-state index in [1.54, 1.807) is 43.3 Å². The smallest absolute Gasteiger partial charge is 0.410 e. The summed E-state index contributed by atoms with van der Waals surface area (Å²) in [5.41, 5.74) is 4.19. The summed E-state index contributed by atoms with van der Waals surface area (Å²) in [6.45, 7) is 0. The second-order valence-corrected chi connectivity index (χ2v) is 10.9. The highest BCUT2D eigenvalue weighted by Crippen LogP contribution is 2.31. The van der Waals surface area contributed by atoms with Crippen molar-refractivity contribution in [1.82, 2.24) is 19.4 Å². The number of hydrogen-bond donors (Lipinski definition) is 1. The minimum atomic E-state index is -0.541. The standard InChI is InChI=1S/C33H32N4O4/c1-36(2)33(40)41-24-9-7-8-22(18-24)28-17-21(14-15-34-28)16-23-19-27-31(26-11-4-3-10-25(23)26)35-20-37(32(27)39)29-12-5-6-13-30(29)38/h3-4,7-11,14-15,17-20,29-30,38H,5-6,12-13,16H2,1-2H3/t29-,30-/m0/s1. The summed E-state index contributed by atoms with van der Waals surface area (Å²) >= 11 is 0. The van der Waals surface area contributed by atoms with Gasteiger partial charge in [0.15, 0.2) is 0 Å². The summed E-state index contributed by atoms with van der Waals surface area (Å²) in [5, 5.41) is 13.2. The molecule has 6 rings (SSSR count). The van der Waals surface area contributed by atoms with Crippen LogP contribution in [0.1, 0.15) is 42.9 Å². The van der Waals surface area contributed by atoms with E-state index in [9.17, 15) is 14.7 Å². The molecule has 0 saturated heterocycles. The van der Waals surface area contributed by atoms with Gasteiger partial charge in [0.1, 0.15) is 5.75 Å². The molecule has 1 aliphatic carbocycles. The molecule has 2 aromatic heterocycles. The number of benzene rings is 3. The van der Waals surface area contributed by atoms with E-state index in [1.165, 1.54) is 4.90 Å². The van der Waals surface area contributed by atoms with Crippen LogP contribution in [0.25, 0.3) is 32.9 Å². The summed E-state index contributed by atoms with van der Waals surface area (Å²) in [7, 11) is 3.27. The first kappa shape index (κ1) is 26.7. The Kier molecular flexibility index (Phi) is 7.24. The van der Waals surface area contributed by atoms with Crippen molar-refractivity contribution < 1.29 is 14.6 Å². The lowest BCUT2D eigenvalue weighted by atomic mass is 9.92. The van der Waals surface area contributed by atoms with E-state index in [2.05, 4.69) is 11.1 Å². The van der Waals surface area contributed by atoms with E-state index >= 15 is 0 Å². The Labute approximate surface area is 237 Å². The molecule has 1 N–H and O–H groups in total. The molecule has 2 atom stereocenters. The van der Waals surface area contributed by atoms with Crippen molar-refractivity contribution in [3.8, 4) is 17.0 Å². The van der Waals surface area contributed by atoms with Gasteiger partial charge in [0, 0.05) is 31.2 Å². The average Bonchev–Trinajstić information content (AvgIpc) is 2.98. The Morgan fingerprint density at radius 1 is 0.976 bits per heavy atom. The third-order valence-electron chi connectivity index (χ3n) is 7.85. The zero-order valence-electron chi connectivity index (χ0n) is 23.2. The summed E-state index contributed by atoms with van der Waals surface area (Å²) in [4.78, 5) is 36.5. The van der Waals surface area contributed by atoms with Crippen molar-refractivity contribution >= 4 is 27.8 Å². The van der Waals surface area contributed by atoms with Crippen LogP contribution in [-0.4, -0.2) is 50.8 Å². The lowest BCUT2D eigenvalue weighted by Crippen LogP contribution is -2.34. The van der Waals surface area contributed by atoms with Gasteiger partial charge < -0.3 is 14.7 Å². The van der Waals surface area contributed by atoms with Gasteiger partial charge in [-0.2, -0.15) is 0 Å². The number of fused-ring (bicyclic) bond motifs is 3. The number of hydrogen-bond acceptors (Lipinski definition) is 6. The van der Waals surface area contributed by atoms with E-state index in [1.807, 2.05) is 48.5 Å². The Bertz CT molecular complexity index is 1810. The van der Waals surface area contributed by atoms with Crippen LogP contribution in [0, 0.1) is 0 Å². The molecule has 0 aliphatic heterocycles. The van der Waals surface area contributed by atoms with Gasteiger partial charge in [-0.25, -0.2) is 9.78 Å². The number of ether oxygens (including phenoxy) is 1. The van der Waals surface area contributed by atoms with E-state index in [-0.39, 0.29) is 11.6 Å². The molecule has 1 fully saturated rings. The van der Waals surface area contributed by atoms with Crippen molar-refractivity contribution in [3.63, 3.8) is 0 Å². The monoisotopic (exact) mass is 548 g/mol. The lowest BCUT2D eigenvalue weighted by Gasteiger charge is -2.29. The molecule has 8 nitrogen and oxygen atoms in total. The number of aromatic nitrogens is 3. The number of rotatable bonds is 5. The second-order valence-electron chi connectivity index (χ2n) is 10.9. The largest absolute Gasteiger partial charge is 0.414 e. The topological polar surface area (TPSA) is 97.5 Å². The Hall–Kier alpha value is -4.56. The van der Waals surface area contributed by atoms with Gasteiger partial charge in [-0.05, 0) is 66.1 Å². The number of carbonyl (C=O) groups is 1. The minimum Gasteiger partial charge on any atom is -0.410 e. The first-order chi connectivity index (χ1) is 19.9. The summed E-state index contributed by atoms with van der Waals surface area (Å²) in [5.74, 6) is 0.445. The SMILES string of the molecule is CN(C)C(=O)Oc1cccc(-c2cc(Cc3cc4c(=O)n([C@H]5CCCC[C@@H]5O)cnc4c4ccccc34)ccn2)c1. The number of pyridine rings is 1. The molecule has 2 heterocycles. The molecule has 0 unspecified atom stereocenters. The zero-order valence-corrected chi connectivity index (χ0v) is 23.2. The number of carbonyl (C=O) groups excluding carboxylic acids is 1. The molecule has 208 valence electrons. The number of aliphatic hydroxyl groups excluding tert-OH is 1. The van der Waals surface area contributed by atoms with Gasteiger partial charge in [0.05, 0.1) is 35.1 Å². The maximum Gasteiger partial charge on any atom is 0.414 e. The Morgan fingerprint density at radius 2 is 1.78 bits per heavy atom. The van der Waals surface area contributed by atoms with Gasteiger partial charge in [-0.3, -0.25) is 14.3 Å². The predicted octanol–water partition coefficient (Wildman–Crippen LogP) is 5.74. The van der Waals surface area contributed by atoms with Gasteiger partial charge in [0.25, 0.3) is 5.56 Å². The molecular weight excluding hydrogens is 516 g/mol. The molecule has 0 spiro atoms. The lowest BCUT2D eigenvalue weighted by molar-refractivity contribution is 0.0735. The van der Waals surface area contributed by atoms with Crippen LogP contribution >= 0.6 is 0 Å². The van der Waals surface area contributed by atoms with Crippen LogP contribution in [0.3, 0.4) is 0 Å². The van der Waals surface area contributed by atoms with Gasteiger partial charge >= 0.3 is 6.09 Å². The van der Waals surface area contributed by atoms with Crippen molar-refractivity contribution in [3.05, 3.63) is 101 Å². The van der Waals surface area contributed by atoms with Gasteiger partial charge in [-0.15, -0.1) is 0 Å². The molecular formula is C33H32N4O4. The summed E-state index contributed by atoms with van der Waals surface area (Å²) in [6, 6.07) is 21.0. The first-order valence-electron chi connectivity index (χ1n) is 13.9. The average molecular weight is 549 g/mol. The summed E-state index contributed by atoms with van der Waals surface area (Å²) < 4.78 is 7.06. The molecule has 3 aromatic carbocycles. The molecule has 1 aliphatic rings. The van der Waals surface area contributed by atoms with E-state index < -0.39 is 12.2 Å². The molecule has 1 amide bonds. The number of amides is 1. The van der Waals surface area contributed by atoms with Crippen LogP contribution in [0.5, 0.6) is 5.75 Å². The normalized spacial score (nSPS) is 17.0.